The van der Waals surface area contributed by atoms with Crippen molar-refractivity contribution in [1.29, 1.82) is 0 Å². The van der Waals surface area contributed by atoms with E-state index in [1.54, 1.807) is 7.11 Å². The predicted molar refractivity (Wildman–Crippen MR) is 87.5 cm³/mol. The van der Waals surface area contributed by atoms with Crippen molar-refractivity contribution >= 4 is 5.69 Å². The molecule has 5 heteroatoms. The third kappa shape index (κ3) is 2.54. The van der Waals surface area contributed by atoms with Crippen LogP contribution in [0.1, 0.15) is 11.5 Å². The SMILES string of the molecule is COc1ccccc1-c1nnc(CN2CCc3ccccc32)o1. The van der Waals surface area contributed by atoms with Crippen LogP contribution in [0.5, 0.6) is 5.75 Å². The van der Waals surface area contributed by atoms with Crippen molar-refractivity contribution in [3.8, 4) is 17.2 Å². The lowest BCUT2D eigenvalue weighted by Gasteiger charge is -2.16. The Morgan fingerprint density at radius 3 is 2.83 bits per heavy atom. The van der Waals surface area contributed by atoms with E-state index in [0.717, 1.165) is 24.3 Å². The van der Waals surface area contributed by atoms with Crippen LogP contribution in [-0.4, -0.2) is 23.9 Å². The lowest BCUT2D eigenvalue weighted by Crippen LogP contribution is -2.19. The van der Waals surface area contributed by atoms with E-state index in [-0.39, 0.29) is 0 Å². The van der Waals surface area contributed by atoms with Gasteiger partial charge in [0, 0.05) is 12.2 Å². The summed E-state index contributed by atoms with van der Waals surface area (Å²) < 4.78 is 11.2. The molecular formula is C18H17N3O2. The zero-order valence-electron chi connectivity index (χ0n) is 12.9. The van der Waals surface area contributed by atoms with Gasteiger partial charge in [-0.05, 0) is 30.2 Å². The molecule has 0 spiro atoms. The van der Waals surface area contributed by atoms with Crippen molar-refractivity contribution < 1.29 is 9.15 Å². The van der Waals surface area contributed by atoms with E-state index >= 15 is 0 Å². The van der Waals surface area contributed by atoms with Crippen LogP contribution in [0.2, 0.25) is 0 Å². The molecule has 2 heterocycles. The summed E-state index contributed by atoms with van der Waals surface area (Å²) in [5.74, 6) is 1.83. The average molecular weight is 307 g/mol. The largest absolute Gasteiger partial charge is 0.496 e. The van der Waals surface area contributed by atoms with E-state index in [1.165, 1.54) is 11.3 Å². The van der Waals surface area contributed by atoms with Crippen molar-refractivity contribution in [2.45, 2.75) is 13.0 Å². The second kappa shape index (κ2) is 5.76. The number of fused-ring (bicyclic) bond motifs is 1. The highest BCUT2D eigenvalue weighted by Gasteiger charge is 2.21. The van der Waals surface area contributed by atoms with E-state index in [4.69, 9.17) is 9.15 Å². The first-order valence-electron chi connectivity index (χ1n) is 7.64. The lowest BCUT2D eigenvalue weighted by molar-refractivity contribution is 0.413. The highest BCUT2D eigenvalue weighted by Crippen LogP contribution is 2.31. The molecule has 0 saturated heterocycles. The van der Waals surface area contributed by atoms with Gasteiger partial charge < -0.3 is 14.1 Å². The quantitative estimate of drug-likeness (QED) is 0.740. The molecular weight excluding hydrogens is 290 g/mol. The van der Waals surface area contributed by atoms with Crippen molar-refractivity contribution in [1.82, 2.24) is 10.2 Å². The van der Waals surface area contributed by atoms with Gasteiger partial charge in [-0.2, -0.15) is 0 Å². The maximum atomic E-state index is 5.85. The Hall–Kier alpha value is -2.82. The smallest absolute Gasteiger partial charge is 0.251 e. The number of benzene rings is 2. The van der Waals surface area contributed by atoms with E-state index < -0.39 is 0 Å². The van der Waals surface area contributed by atoms with Gasteiger partial charge in [-0.15, -0.1) is 10.2 Å². The van der Waals surface area contributed by atoms with Crippen molar-refractivity contribution in [2.24, 2.45) is 0 Å². The molecule has 2 aromatic carbocycles. The highest BCUT2D eigenvalue weighted by atomic mass is 16.5. The minimum absolute atomic E-state index is 0.491. The summed E-state index contributed by atoms with van der Waals surface area (Å²) in [5.41, 5.74) is 3.44. The normalized spacial score (nSPS) is 13.2. The van der Waals surface area contributed by atoms with E-state index in [2.05, 4.69) is 39.4 Å². The molecule has 0 bridgehead atoms. The molecule has 0 atom stereocenters. The van der Waals surface area contributed by atoms with Gasteiger partial charge in [0.1, 0.15) is 5.75 Å². The molecule has 0 radical (unpaired) electrons. The number of para-hydroxylation sites is 2. The van der Waals surface area contributed by atoms with E-state index in [0.29, 0.717) is 18.3 Å². The number of rotatable bonds is 4. The van der Waals surface area contributed by atoms with Gasteiger partial charge in [0.25, 0.3) is 5.89 Å². The summed E-state index contributed by atoms with van der Waals surface area (Å²) in [4.78, 5) is 2.27. The molecule has 3 aromatic rings. The highest BCUT2D eigenvalue weighted by molar-refractivity contribution is 5.62. The van der Waals surface area contributed by atoms with Crippen LogP contribution in [0.3, 0.4) is 0 Å². The van der Waals surface area contributed by atoms with Crippen molar-refractivity contribution in [2.75, 3.05) is 18.6 Å². The number of nitrogens with zero attached hydrogens (tertiary/aromatic N) is 3. The molecule has 4 rings (SSSR count). The zero-order valence-corrected chi connectivity index (χ0v) is 12.9. The maximum absolute atomic E-state index is 5.85. The number of hydrogen-bond acceptors (Lipinski definition) is 5. The van der Waals surface area contributed by atoms with Crippen LogP contribution < -0.4 is 9.64 Å². The Labute approximate surface area is 134 Å². The minimum atomic E-state index is 0.491. The molecule has 0 saturated carbocycles. The summed E-state index contributed by atoms with van der Waals surface area (Å²) in [6.07, 6.45) is 1.06. The fourth-order valence-corrected chi connectivity index (χ4v) is 2.98. The van der Waals surface area contributed by atoms with Gasteiger partial charge >= 0.3 is 0 Å². The second-order valence-electron chi connectivity index (χ2n) is 5.50. The molecule has 0 unspecified atom stereocenters. The first-order chi connectivity index (χ1) is 11.3. The second-order valence-corrected chi connectivity index (χ2v) is 5.50. The summed E-state index contributed by atoms with van der Waals surface area (Å²) in [7, 11) is 1.64. The van der Waals surface area contributed by atoms with Crippen LogP contribution >= 0.6 is 0 Å². The first-order valence-corrected chi connectivity index (χ1v) is 7.64. The Balaban J connectivity index is 1.58. The molecule has 1 aliphatic rings. The summed E-state index contributed by atoms with van der Waals surface area (Å²) in [5, 5.41) is 8.36. The molecule has 116 valence electrons. The van der Waals surface area contributed by atoms with Gasteiger partial charge in [-0.1, -0.05) is 30.3 Å². The number of hydrogen-bond donors (Lipinski definition) is 0. The van der Waals surface area contributed by atoms with E-state index in [9.17, 15) is 0 Å². The van der Waals surface area contributed by atoms with Crippen LogP contribution in [0.15, 0.2) is 52.9 Å². The number of methoxy groups -OCH3 is 1. The predicted octanol–water partition coefficient (Wildman–Crippen LogP) is 3.31. The van der Waals surface area contributed by atoms with Gasteiger partial charge in [0.15, 0.2) is 0 Å². The summed E-state index contributed by atoms with van der Waals surface area (Å²) in [6, 6.07) is 16.1. The molecule has 5 nitrogen and oxygen atoms in total. The fourth-order valence-electron chi connectivity index (χ4n) is 2.98. The van der Waals surface area contributed by atoms with Gasteiger partial charge in [0.2, 0.25) is 5.89 Å². The Bertz CT molecular complexity index is 828. The van der Waals surface area contributed by atoms with Crippen LogP contribution in [0, 0.1) is 0 Å². The maximum Gasteiger partial charge on any atom is 0.251 e. The molecule has 1 aromatic heterocycles. The molecule has 0 aliphatic carbocycles. The molecule has 0 amide bonds. The first kappa shape index (κ1) is 13.8. The van der Waals surface area contributed by atoms with Crippen LogP contribution in [-0.2, 0) is 13.0 Å². The minimum Gasteiger partial charge on any atom is -0.496 e. The van der Waals surface area contributed by atoms with Gasteiger partial charge in [-0.3, -0.25) is 0 Å². The number of aromatic nitrogens is 2. The third-order valence-electron chi connectivity index (χ3n) is 4.11. The number of ether oxygens (including phenoxy) is 1. The lowest BCUT2D eigenvalue weighted by atomic mass is 10.2. The van der Waals surface area contributed by atoms with Gasteiger partial charge in [-0.25, -0.2) is 0 Å². The topological polar surface area (TPSA) is 51.4 Å². The standard InChI is InChI=1S/C18H17N3O2/c1-22-16-9-5-3-7-14(16)18-20-19-17(23-18)12-21-11-10-13-6-2-4-8-15(13)21/h2-9H,10-12H2,1H3. The molecule has 23 heavy (non-hydrogen) atoms. The number of anilines is 1. The van der Waals surface area contributed by atoms with Gasteiger partial charge in [0.05, 0.1) is 19.2 Å². The fraction of sp³-hybridized carbons (Fsp3) is 0.222. The zero-order chi connectivity index (χ0) is 15.6. The monoisotopic (exact) mass is 307 g/mol. The van der Waals surface area contributed by atoms with Crippen molar-refractivity contribution in [3.63, 3.8) is 0 Å². The molecule has 1 aliphatic heterocycles. The van der Waals surface area contributed by atoms with Crippen LogP contribution in [0.4, 0.5) is 5.69 Å². The Morgan fingerprint density at radius 1 is 1.09 bits per heavy atom. The third-order valence-corrected chi connectivity index (χ3v) is 4.11. The summed E-state index contributed by atoms with van der Waals surface area (Å²) in [6.45, 7) is 1.60. The van der Waals surface area contributed by atoms with E-state index in [1.807, 2.05) is 24.3 Å². The molecule has 0 N–H and O–H groups in total. The van der Waals surface area contributed by atoms with Crippen LogP contribution in [0.25, 0.3) is 11.5 Å². The molecule has 0 fully saturated rings. The summed E-state index contributed by atoms with van der Waals surface area (Å²) >= 11 is 0. The average Bonchev–Trinajstić information content (AvgIpc) is 3.23. The Morgan fingerprint density at radius 2 is 1.91 bits per heavy atom. The van der Waals surface area contributed by atoms with Crippen molar-refractivity contribution in [3.05, 3.63) is 60.0 Å². The Kier molecular flexibility index (Phi) is 3.46.